The van der Waals surface area contributed by atoms with Crippen LogP contribution >= 0.6 is 0 Å². The first-order valence-corrected chi connectivity index (χ1v) is 7.65. The number of aromatic nitrogens is 1. The van der Waals surface area contributed by atoms with E-state index in [0.29, 0.717) is 17.1 Å². The lowest BCUT2D eigenvalue weighted by atomic mass is 10.2. The van der Waals surface area contributed by atoms with Crippen molar-refractivity contribution in [1.82, 2.24) is 15.8 Å². The average Bonchev–Trinajstić information content (AvgIpc) is 2.60. The second-order valence-electron chi connectivity index (χ2n) is 5.30. The summed E-state index contributed by atoms with van der Waals surface area (Å²) in [5, 5.41) is 2.67. The largest absolute Gasteiger partial charge is 0.483 e. The third-order valence-electron chi connectivity index (χ3n) is 3.15. The summed E-state index contributed by atoms with van der Waals surface area (Å²) < 4.78 is 5.42. The Morgan fingerprint density at radius 3 is 2.64 bits per heavy atom. The summed E-state index contributed by atoms with van der Waals surface area (Å²) >= 11 is 0. The van der Waals surface area contributed by atoms with Crippen molar-refractivity contribution in [3.05, 3.63) is 66.6 Å². The minimum absolute atomic E-state index is 0.00776. The maximum atomic E-state index is 11.8. The zero-order valence-electron chi connectivity index (χ0n) is 13.9. The van der Waals surface area contributed by atoms with Gasteiger partial charge in [0.2, 0.25) is 5.91 Å². The molecule has 0 saturated heterocycles. The smallest absolute Gasteiger partial charge is 0.276 e. The van der Waals surface area contributed by atoms with Gasteiger partial charge in [0.1, 0.15) is 5.75 Å². The Bertz CT molecular complexity index is 747. The Kier molecular flexibility index (Phi) is 6.53. The lowest BCUT2D eigenvalue weighted by Crippen LogP contribution is -2.40. The lowest BCUT2D eigenvalue weighted by Gasteiger charge is -2.12. The molecule has 0 saturated carbocycles. The van der Waals surface area contributed by atoms with Crippen LogP contribution in [0.15, 0.2) is 61.1 Å². The third kappa shape index (κ3) is 6.34. The van der Waals surface area contributed by atoms with Gasteiger partial charge in [0, 0.05) is 11.9 Å². The number of carbonyl (C=O) groups excluding carboxylic acids is 2. The standard InChI is InChI=1S/C18H20N4O3/c1-13-6-3-4-8-16(13)25-12-18(24)22-21-14(2)10-17(23)20-15-7-5-9-19-11-15/h3-9,11,21H,2,10,12H2,1H3,(H,20,23)(H,22,24). The maximum Gasteiger partial charge on any atom is 0.276 e. The summed E-state index contributed by atoms with van der Waals surface area (Å²) in [6, 6.07) is 10.9. The van der Waals surface area contributed by atoms with Gasteiger partial charge in [-0.3, -0.25) is 20.0 Å². The highest BCUT2D eigenvalue weighted by atomic mass is 16.5. The van der Waals surface area contributed by atoms with Crippen LogP contribution in [0.5, 0.6) is 5.75 Å². The molecule has 1 aromatic carbocycles. The number of benzene rings is 1. The summed E-state index contributed by atoms with van der Waals surface area (Å²) in [5.74, 6) is 0.000282. The van der Waals surface area contributed by atoms with Crippen LogP contribution in [0.1, 0.15) is 12.0 Å². The van der Waals surface area contributed by atoms with Gasteiger partial charge in [-0.25, -0.2) is 0 Å². The summed E-state index contributed by atoms with van der Waals surface area (Å²) in [6.45, 7) is 5.45. The van der Waals surface area contributed by atoms with Crippen LogP contribution in [0.4, 0.5) is 5.69 Å². The molecule has 2 aromatic rings. The molecule has 25 heavy (non-hydrogen) atoms. The van der Waals surface area contributed by atoms with E-state index in [4.69, 9.17) is 4.74 Å². The zero-order chi connectivity index (χ0) is 18.1. The van der Waals surface area contributed by atoms with E-state index < -0.39 is 0 Å². The topological polar surface area (TPSA) is 92.4 Å². The van der Waals surface area contributed by atoms with Crippen molar-refractivity contribution in [1.29, 1.82) is 0 Å². The Morgan fingerprint density at radius 1 is 1.12 bits per heavy atom. The van der Waals surface area contributed by atoms with Crippen molar-refractivity contribution in [3.8, 4) is 5.75 Å². The molecule has 0 spiro atoms. The van der Waals surface area contributed by atoms with Gasteiger partial charge in [0.05, 0.1) is 18.3 Å². The average molecular weight is 340 g/mol. The molecular weight excluding hydrogens is 320 g/mol. The molecule has 0 aliphatic carbocycles. The highest BCUT2D eigenvalue weighted by molar-refractivity contribution is 5.92. The van der Waals surface area contributed by atoms with Gasteiger partial charge in [-0.15, -0.1) is 0 Å². The molecule has 0 radical (unpaired) electrons. The molecule has 130 valence electrons. The van der Waals surface area contributed by atoms with Crippen molar-refractivity contribution < 1.29 is 14.3 Å². The first kappa shape index (κ1) is 18.0. The number of carbonyl (C=O) groups is 2. The van der Waals surface area contributed by atoms with Crippen LogP contribution in [0.2, 0.25) is 0 Å². The van der Waals surface area contributed by atoms with Crippen LogP contribution in [-0.4, -0.2) is 23.4 Å². The fourth-order valence-corrected chi connectivity index (χ4v) is 1.94. The fourth-order valence-electron chi connectivity index (χ4n) is 1.94. The number of hydrogen-bond donors (Lipinski definition) is 3. The number of amides is 2. The Hall–Kier alpha value is -3.35. The van der Waals surface area contributed by atoms with Gasteiger partial charge >= 0.3 is 0 Å². The van der Waals surface area contributed by atoms with Gasteiger partial charge in [-0.2, -0.15) is 0 Å². The summed E-state index contributed by atoms with van der Waals surface area (Å²) in [4.78, 5) is 27.5. The number of nitrogens with one attached hydrogen (secondary N) is 3. The Labute approximate surface area is 146 Å². The quantitative estimate of drug-likeness (QED) is 0.639. The van der Waals surface area contributed by atoms with Crippen LogP contribution in [0, 0.1) is 6.92 Å². The molecule has 0 atom stereocenters. The van der Waals surface area contributed by atoms with E-state index >= 15 is 0 Å². The van der Waals surface area contributed by atoms with Crippen molar-refractivity contribution in [2.75, 3.05) is 11.9 Å². The molecule has 7 heteroatoms. The molecule has 3 N–H and O–H groups in total. The first-order valence-electron chi connectivity index (χ1n) is 7.65. The normalized spacial score (nSPS) is 9.80. The molecule has 0 aliphatic heterocycles. The van der Waals surface area contributed by atoms with Crippen molar-refractivity contribution in [3.63, 3.8) is 0 Å². The van der Waals surface area contributed by atoms with Crippen LogP contribution in [0.25, 0.3) is 0 Å². The molecule has 2 amide bonds. The molecule has 1 aromatic heterocycles. The highest BCUT2D eigenvalue weighted by Gasteiger charge is 2.07. The molecular formula is C18H20N4O3. The van der Waals surface area contributed by atoms with E-state index in [9.17, 15) is 9.59 Å². The maximum absolute atomic E-state index is 11.8. The number of nitrogens with zero attached hydrogens (tertiary/aromatic N) is 1. The number of hydrazine groups is 1. The minimum Gasteiger partial charge on any atom is -0.483 e. The zero-order valence-corrected chi connectivity index (χ0v) is 13.9. The highest BCUT2D eigenvalue weighted by Crippen LogP contribution is 2.15. The number of rotatable bonds is 8. The van der Waals surface area contributed by atoms with Crippen LogP contribution in [0.3, 0.4) is 0 Å². The monoisotopic (exact) mass is 340 g/mol. The number of anilines is 1. The molecule has 7 nitrogen and oxygen atoms in total. The van der Waals surface area contributed by atoms with E-state index in [1.807, 2.05) is 25.1 Å². The van der Waals surface area contributed by atoms with E-state index in [1.165, 1.54) is 0 Å². The second-order valence-corrected chi connectivity index (χ2v) is 5.30. The first-order chi connectivity index (χ1) is 12.0. The van der Waals surface area contributed by atoms with E-state index in [-0.39, 0.29) is 24.8 Å². The predicted octanol–water partition coefficient (Wildman–Crippen LogP) is 1.93. The number of para-hydroxylation sites is 1. The fraction of sp³-hybridized carbons (Fsp3) is 0.167. The van der Waals surface area contributed by atoms with Crippen LogP contribution < -0.4 is 20.9 Å². The van der Waals surface area contributed by atoms with E-state index in [1.54, 1.807) is 30.6 Å². The van der Waals surface area contributed by atoms with Crippen molar-refractivity contribution in [2.24, 2.45) is 0 Å². The summed E-state index contributed by atoms with van der Waals surface area (Å²) in [5.41, 5.74) is 6.93. The lowest BCUT2D eigenvalue weighted by molar-refractivity contribution is -0.124. The molecule has 0 fully saturated rings. The van der Waals surface area contributed by atoms with E-state index in [0.717, 1.165) is 5.56 Å². The SMILES string of the molecule is C=C(CC(=O)Nc1cccnc1)NNC(=O)COc1ccccc1C. The van der Waals surface area contributed by atoms with Crippen LogP contribution in [-0.2, 0) is 9.59 Å². The predicted molar refractivity (Wildman–Crippen MR) is 94.6 cm³/mol. The van der Waals surface area contributed by atoms with Gasteiger partial charge < -0.3 is 15.5 Å². The van der Waals surface area contributed by atoms with Crippen molar-refractivity contribution in [2.45, 2.75) is 13.3 Å². The Morgan fingerprint density at radius 2 is 1.92 bits per heavy atom. The number of pyridine rings is 1. The second kappa shape index (κ2) is 9.07. The molecule has 0 aliphatic rings. The van der Waals surface area contributed by atoms with Gasteiger partial charge in [0.25, 0.3) is 5.91 Å². The van der Waals surface area contributed by atoms with E-state index in [2.05, 4.69) is 27.7 Å². The van der Waals surface area contributed by atoms with Gasteiger partial charge in [0.15, 0.2) is 6.61 Å². The summed E-state index contributed by atoms with van der Waals surface area (Å²) in [6.07, 6.45) is 3.16. The van der Waals surface area contributed by atoms with Crippen molar-refractivity contribution >= 4 is 17.5 Å². The molecule has 2 rings (SSSR count). The third-order valence-corrected chi connectivity index (χ3v) is 3.15. The molecule has 0 bridgehead atoms. The summed E-state index contributed by atoms with van der Waals surface area (Å²) in [7, 11) is 0. The molecule has 0 unspecified atom stereocenters. The number of aryl methyl sites for hydroxylation is 1. The number of ether oxygens (including phenoxy) is 1. The van der Waals surface area contributed by atoms with Gasteiger partial charge in [-0.05, 0) is 30.7 Å². The molecule has 1 heterocycles. The van der Waals surface area contributed by atoms with Gasteiger partial charge in [-0.1, -0.05) is 24.8 Å². The number of hydrogen-bond acceptors (Lipinski definition) is 5. The minimum atomic E-state index is -0.378. The Balaban J connectivity index is 1.68.